The van der Waals surface area contributed by atoms with Crippen molar-refractivity contribution < 1.29 is 5.48 Å². The van der Waals surface area contributed by atoms with Crippen LogP contribution in [-0.2, 0) is 0 Å². The van der Waals surface area contributed by atoms with Gasteiger partial charge in [-0.1, -0.05) is 18.2 Å². The number of guanidine groups is 1. The topological polar surface area (TPSA) is 73.1 Å². The quantitative estimate of drug-likeness (QED) is 0.379. The van der Waals surface area contributed by atoms with Crippen LogP contribution in [0.2, 0.25) is 0 Å². The average Bonchev–Trinajstić information content (AvgIpc) is 2.14. The highest BCUT2D eigenvalue weighted by Crippen LogP contribution is 1.89. The molecule has 0 unspecified atom stereocenters. The van der Waals surface area contributed by atoms with Crippen LogP contribution in [0, 0.1) is 0 Å². The summed E-state index contributed by atoms with van der Waals surface area (Å²) in [5.74, 6) is 0.500. The van der Waals surface area contributed by atoms with Crippen LogP contribution in [0.1, 0.15) is 0 Å². The van der Waals surface area contributed by atoms with Crippen molar-refractivity contribution in [3.8, 4) is 0 Å². The molecule has 0 saturated carbocycles. The molecule has 80 valence electrons. The maximum absolute atomic E-state index is 5.71. The second kappa shape index (κ2) is 9.54. The highest BCUT2D eigenvalue weighted by atomic mass is 16.0. The highest BCUT2D eigenvalue weighted by molar-refractivity contribution is 5.78. The molecule has 0 bridgehead atoms. The molecule has 4 heteroatoms. The van der Waals surface area contributed by atoms with E-state index in [9.17, 15) is 0 Å². The first-order valence-electron chi connectivity index (χ1n) is 4.13. The first-order chi connectivity index (χ1) is 6.26. The smallest absolute Gasteiger partial charge is 0.192 e. The molecule has 14 heavy (non-hydrogen) atoms. The molecule has 0 aromatic heterocycles. The predicted octanol–water partition coefficient (Wildman–Crippen LogP) is 0.336. The molecule has 0 aliphatic carbocycles. The summed E-state index contributed by atoms with van der Waals surface area (Å²) < 4.78 is 0. The Bertz CT molecular complexity index is 201. The Morgan fingerprint density at radius 2 is 1.64 bits per heavy atom. The molecular weight excluding hydrogens is 178 g/mol. The van der Waals surface area contributed by atoms with E-state index in [0.717, 1.165) is 0 Å². The molecule has 0 atom stereocenters. The zero-order valence-corrected chi connectivity index (χ0v) is 8.45. The van der Waals surface area contributed by atoms with Crippen LogP contribution in [0.3, 0.4) is 0 Å². The molecule has 0 saturated heterocycles. The van der Waals surface area contributed by atoms with Crippen molar-refractivity contribution in [2.75, 3.05) is 19.6 Å². The lowest BCUT2D eigenvalue weighted by atomic mass is 10.4. The number of hydrogen-bond acceptors (Lipinski definition) is 1. The van der Waals surface area contributed by atoms with E-state index in [4.69, 9.17) is 5.73 Å². The fourth-order valence-corrected chi connectivity index (χ4v) is 0.831. The molecule has 0 aliphatic heterocycles. The summed E-state index contributed by atoms with van der Waals surface area (Å²) in [6, 6.07) is 0. The minimum Gasteiger partial charge on any atom is -0.412 e. The van der Waals surface area contributed by atoms with Crippen LogP contribution in [0.5, 0.6) is 0 Å². The van der Waals surface area contributed by atoms with Crippen molar-refractivity contribution in [2.45, 2.75) is 0 Å². The molecule has 0 spiro atoms. The number of aliphatic imine (C=N–C) groups is 1. The van der Waals surface area contributed by atoms with E-state index in [2.05, 4.69) is 24.7 Å². The van der Waals surface area contributed by atoms with E-state index in [1.807, 2.05) is 4.90 Å². The van der Waals surface area contributed by atoms with Gasteiger partial charge in [-0.15, -0.1) is 19.7 Å². The van der Waals surface area contributed by atoms with E-state index in [1.54, 1.807) is 18.2 Å². The van der Waals surface area contributed by atoms with Gasteiger partial charge in [0.25, 0.3) is 0 Å². The summed E-state index contributed by atoms with van der Waals surface area (Å²) in [6.45, 7) is 12.7. The molecule has 0 radical (unpaired) electrons. The van der Waals surface area contributed by atoms with Crippen molar-refractivity contribution in [1.29, 1.82) is 0 Å². The monoisotopic (exact) mass is 197 g/mol. The third-order valence-electron chi connectivity index (χ3n) is 1.41. The van der Waals surface area contributed by atoms with Crippen molar-refractivity contribution in [3.05, 3.63) is 38.0 Å². The fourth-order valence-electron chi connectivity index (χ4n) is 0.831. The Morgan fingerprint density at radius 1 is 1.14 bits per heavy atom. The van der Waals surface area contributed by atoms with Gasteiger partial charge in [-0.05, 0) is 0 Å². The number of nitrogens with two attached hydrogens (primary N) is 1. The molecule has 0 amide bonds. The normalized spacial score (nSPS) is 9.86. The molecule has 0 fully saturated rings. The molecule has 4 nitrogen and oxygen atoms in total. The van der Waals surface area contributed by atoms with Crippen molar-refractivity contribution in [2.24, 2.45) is 10.7 Å². The van der Waals surface area contributed by atoms with Gasteiger partial charge in [-0.25, -0.2) is 4.99 Å². The largest absolute Gasteiger partial charge is 0.412 e. The maximum Gasteiger partial charge on any atom is 0.192 e. The zero-order valence-electron chi connectivity index (χ0n) is 8.45. The maximum atomic E-state index is 5.71. The van der Waals surface area contributed by atoms with Gasteiger partial charge < -0.3 is 16.1 Å². The molecule has 0 rings (SSSR count). The number of nitrogens with zero attached hydrogens (tertiary/aromatic N) is 2. The first kappa shape index (κ1) is 14.9. The second-order valence-corrected chi connectivity index (χ2v) is 2.47. The van der Waals surface area contributed by atoms with Gasteiger partial charge in [-0.3, -0.25) is 0 Å². The van der Waals surface area contributed by atoms with Gasteiger partial charge in [0.2, 0.25) is 0 Å². The van der Waals surface area contributed by atoms with Crippen LogP contribution >= 0.6 is 0 Å². The van der Waals surface area contributed by atoms with Gasteiger partial charge >= 0.3 is 0 Å². The van der Waals surface area contributed by atoms with Gasteiger partial charge in [0.15, 0.2) is 5.96 Å². The van der Waals surface area contributed by atoms with Crippen molar-refractivity contribution >= 4 is 5.96 Å². The summed E-state index contributed by atoms with van der Waals surface area (Å²) in [5, 5.41) is 0. The molecular formula is C10H19N3O. The third kappa shape index (κ3) is 6.02. The van der Waals surface area contributed by atoms with E-state index < -0.39 is 0 Å². The van der Waals surface area contributed by atoms with Gasteiger partial charge in [0.05, 0.1) is 6.54 Å². The summed E-state index contributed by atoms with van der Waals surface area (Å²) in [6.07, 6.45) is 5.26. The van der Waals surface area contributed by atoms with E-state index in [-0.39, 0.29) is 5.48 Å². The Kier molecular flexibility index (Phi) is 10.2. The summed E-state index contributed by atoms with van der Waals surface area (Å²) >= 11 is 0. The predicted molar refractivity (Wildman–Crippen MR) is 62.3 cm³/mol. The Hall–Kier alpha value is -1.55. The van der Waals surface area contributed by atoms with Crippen LogP contribution in [0.25, 0.3) is 0 Å². The zero-order chi connectivity index (χ0) is 10.1. The van der Waals surface area contributed by atoms with Crippen molar-refractivity contribution in [1.82, 2.24) is 4.90 Å². The average molecular weight is 197 g/mol. The summed E-state index contributed by atoms with van der Waals surface area (Å²) in [5.41, 5.74) is 5.71. The van der Waals surface area contributed by atoms with E-state index in [1.165, 1.54) is 0 Å². The van der Waals surface area contributed by atoms with Crippen LogP contribution < -0.4 is 5.73 Å². The third-order valence-corrected chi connectivity index (χ3v) is 1.41. The molecule has 0 aliphatic rings. The summed E-state index contributed by atoms with van der Waals surface area (Å²) in [7, 11) is 0. The lowest BCUT2D eigenvalue weighted by Gasteiger charge is -2.19. The SMILES string of the molecule is C=CCN=C(N)N(CC=C)CC=C.O. The summed E-state index contributed by atoms with van der Waals surface area (Å²) in [4.78, 5) is 5.97. The minimum absolute atomic E-state index is 0. The lowest BCUT2D eigenvalue weighted by Crippen LogP contribution is -2.37. The van der Waals surface area contributed by atoms with Crippen LogP contribution in [0.4, 0.5) is 0 Å². The Morgan fingerprint density at radius 3 is 2.00 bits per heavy atom. The van der Waals surface area contributed by atoms with Gasteiger partial charge in [0, 0.05) is 13.1 Å². The molecule has 0 heterocycles. The van der Waals surface area contributed by atoms with Crippen LogP contribution in [-0.4, -0.2) is 36.0 Å². The van der Waals surface area contributed by atoms with E-state index in [0.29, 0.717) is 25.6 Å². The number of hydrogen-bond donors (Lipinski definition) is 1. The minimum atomic E-state index is 0. The van der Waals surface area contributed by atoms with E-state index >= 15 is 0 Å². The Balaban J connectivity index is 0. The molecule has 4 N–H and O–H groups in total. The fraction of sp³-hybridized carbons (Fsp3) is 0.300. The lowest BCUT2D eigenvalue weighted by molar-refractivity contribution is 0.506. The molecule has 0 aromatic rings. The molecule has 0 aromatic carbocycles. The highest BCUT2D eigenvalue weighted by Gasteiger charge is 2.01. The van der Waals surface area contributed by atoms with Gasteiger partial charge in [0.1, 0.15) is 0 Å². The van der Waals surface area contributed by atoms with Gasteiger partial charge in [-0.2, -0.15) is 0 Å². The standard InChI is InChI=1S/C10H17N3.H2O/c1-4-7-12-10(11)13(8-5-2)9-6-3;/h4-6H,1-3,7-9H2,(H2,11,12);1H2. The number of rotatable bonds is 6. The second-order valence-electron chi connectivity index (χ2n) is 2.47. The first-order valence-corrected chi connectivity index (χ1v) is 4.13. The van der Waals surface area contributed by atoms with Crippen LogP contribution in [0.15, 0.2) is 43.0 Å². The Labute approximate surface area is 85.4 Å². The van der Waals surface area contributed by atoms with Crippen molar-refractivity contribution in [3.63, 3.8) is 0 Å².